The lowest BCUT2D eigenvalue weighted by Gasteiger charge is -2.20. The summed E-state index contributed by atoms with van der Waals surface area (Å²) in [7, 11) is 3.57. The van der Waals surface area contributed by atoms with Gasteiger partial charge in [-0.1, -0.05) is 29.8 Å². The summed E-state index contributed by atoms with van der Waals surface area (Å²) in [6.45, 7) is 2.00. The van der Waals surface area contributed by atoms with Crippen LogP contribution in [0.3, 0.4) is 0 Å². The number of nitrogens with zero attached hydrogens (tertiary/aromatic N) is 3. The van der Waals surface area contributed by atoms with Crippen molar-refractivity contribution in [1.82, 2.24) is 14.7 Å². The zero-order chi connectivity index (χ0) is 15.2. The van der Waals surface area contributed by atoms with Gasteiger partial charge in [-0.2, -0.15) is 5.10 Å². The lowest BCUT2D eigenvalue weighted by Crippen LogP contribution is -2.38. The highest BCUT2D eigenvalue weighted by Gasteiger charge is 2.53. The summed E-state index contributed by atoms with van der Waals surface area (Å²) < 4.78 is 1.82. The summed E-state index contributed by atoms with van der Waals surface area (Å²) in [6, 6.07) is 7.65. The van der Waals surface area contributed by atoms with Crippen molar-refractivity contribution in [2.24, 2.45) is 0 Å². The minimum atomic E-state index is -0.492. The Morgan fingerprint density at radius 2 is 2.00 bits per heavy atom. The highest BCUT2D eigenvalue weighted by molar-refractivity contribution is 6.33. The van der Waals surface area contributed by atoms with E-state index in [9.17, 15) is 4.79 Å². The minimum Gasteiger partial charge on any atom is -0.347 e. The molecule has 1 aliphatic carbocycles. The number of aromatic nitrogens is 2. The summed E-state index contributed by atoms with van der Waals surface area (Å²) in [5, 5.41) is 5.34. The summed E-state index contributed by atoms with van der Waals surface area (Å²) in [5.74, 6) is 0.107. The molecule has 1 saturated carbocycles. The van der Waals surface area contributed by atoms with Crippen LogP contribution in [0.5, 0.6) is 0 Å². The summed E-state index contributed by atoms with van der Waals surface area (Å²) in [5.41, 5.74) is 2.29. The van der Waals surface area contributed by atoms with Crippen molar-refractivity contribution in [2.75, 3.05) is 14.1 Å². The van der Waals surface area contributed by atoms with Crippen molar-refractivity contribution in [3.05, 3.63) is 41.0 Å². The highest BCUT2D eigenvalue weighted by atomic mass is 35.5. The second kappa shape index (κ2) is 4.88. The Morgan fingerprint density at radius 3 is 2.57 bits per heavy atom. The molecule has 1 aromatic carbocycles. The number of rotatable bonds is 3. The Balaban J connectivity index is 2.04. The van der Waals surface area contributed by atoms with E-state index in [2.05, 4.69) is 5.10 Å². The molecule has 0 bridgehead atoms. The van der Waals surface area contributed by atoms with Crippen molar-refractivity contribution in [2.45, 2.75) is 25.3 Å². The van der Waals surface area contributed by atoms with E-state index in [0.717, 1.165) is 29.7 Å². The molecule has 2 aromatic rings. The molecule has 0 unspecified atom stereocenters. The third-order valence-corrected chi connectivity index (χ3v) is 4.32. The first-order valence-electron chi connectivity index (χ1n) is 6.99. The third-order valence-electron chi connectivity index (χ3n) is 3.99. The number of amides is 1. The molecule has 3 rings (SSSR count). The number of carbonyl (C=O) groups is 1. The number of halogens is 1. The fourth-order valence-corrected chi connectivity index (χ4v) is 2.90. The number of likely N-dealkylation sites (N-methyl/N-ethyl adjacent to an activating group) is 1. The smallest absolute Gasteiger partial charge is 0.250 e. The van der Waals surface area contributed by atoms with Crippen LogP contribution in [0.4, 0.5) is 0 Å². The normalized spacial score (nSPS) is 15.8. The third kappa shape index (κ3) is 2.23. The topological polar surface area (TPSA) is 38.1 Å². The first kappa shape index (κ1) is 14.1. The van der Waals surface area contributed by atoms with Gasteiger partial charge in [-0.3, -0.25) is 9.48 Å². The zero-order valence-electron chi connectivity index (χ0n) is 12.4. The van der Waals surface area contributed by atoms with E-state index in [0.29, 0.717) is 5.02 Å². The van der Waals surface area contributed by atoms with E-state index in [1.807, 2.05) is 42.1 Å². The monoisotopic (exact) mass is 303 g/mol. The molecule has 21 heavy (non-hydrogen) atoms. The molecule has 1 amide bonds. The lowest BCUT2D eigenvalue weighted by molar-refractivity contribution is -0.133. The van der Waals surface area contributed by atoms with Gasteiger partial charge in [0.05, 0.1) is 10.7 Å². The molecular weight excluding hydrogens is 286 g/mol. The predicted molar refractivity (Wildman–Crippen MR) is 83.3 cm³/mol. The van der Waals surface area contributed by atoms with Gasteiger partial charge < -0.3 is 4.90 Å². The number of aryl methyl sites for hydroxylation is 1. The molecule has 0 aliphatic heterocycles. The first-order valence-corrected chi connectivity index (χ1v) is 7.37. The van der Waals surface area contributed by atoms with Gasteiger partial charge in [0.2, 0.25) is 5.91 Å². The van der Waals surface area contributed by atoms with Gasteiger partial charge in [0.1, 0.15) is 5.54 Å². The van der Waals surface area contributed by atoms with E-state index in [1.54, 1.807) is 19.0 Å². The van der Waals surface area contributed by atoms with Crippen LogP contribution in [0.2, 0.25) is 5.02 Å². The Labute approximate surface area is 129 Å². The van der Waals surface area contributed by atoms with Crippen molar-refractivity contribution in [3.63, 3.8) is 0 Å². The molecule has 4 nitrogen and oxygen atoms in total. The molecule has 0 radical (unpaired) electrons. The average molecular weight is 304 g/mol. The van der Waals surface area contributed by atoms with Crippen molar-refractivity contribution in [3.8, 4) is 11.3 Å². The number of hydrogen-bond donors (Lipinski definition) is 0. The zero-order valence-corrected chi connectivity index (χ0v) is 13.2. The van der Waals surface area contributed by atoms with E-state index >= 15 is 0 Å². The number of carbonyl (C=O) groups excluding carboxylic acids is 1. The summed E-state index contributed by atoms with van der Waals surface area (Å²) in [4.78, 5) is 14.0. The Kier molecular flexibility index (Phi) is 3.29. The molecule has 1 aliphatic rings. The van der Waals surface area contributed by atoms with Crippen molar-refractivity contribution >= 4 is 17.5 Å². The fourth-order valence-electron chi connectivity index (χ4n) is 2.67. The number of hydrogen-bond acceptors (Lipinski definition) is 2. The van der Waals surface area contributed by atoms with Gasteiger partial charge in [0.15, 0.2) is 0 Å². The van der Waals surface area contributed by atoms with Crippen LogP contribution in [-0.4, -0.2) is 34.7 Å². The molecule has 1 fully saturated rings. The molecule has 0 N–H and O–H groups in total. The van der Waals surface area contributed by atoms with Crippen LogP contribution in [0, 0.1) is 6.92 Å². The van der Waals surface area contributed by atoms with E-state index in [1.165, 1.54) is 0 Å². The van der Waals surface area contributed by atoms with Gasteiger partial charge in [0, 0.05) is 25.9 Å². The van der Waals surface area contributed by atoms with Crippen LogP contribution in [0.15, 0.2) is 30.5 Å². The van der Waals surface area contributed by atoms with Crippen LogP contribution in [0.1, 0.15) is 18.4 Å². The highest BCUT2D eigenvalue weighted by Crippen LogP contribution is 2.45. The van der Waals surface area contributed by atoms with Crippen LogP contribution < -0.4 is 0 Å². The van der Waals surface area contributed by atoms with Gasteiger partial charge in [0.25, 0.3) is 0 Å². The molecule has 1 heterocycles. The lowest BCUT2D eigenvalue weighted by atomic mass is 10.1. The van der Waals surface area contributed by atoms with E-state index in [4.69, 9.17) is 11.6 Å². The standard InChI is InChI=1S/C16H18ClN3O/c1-11-10-20(16(8-9-16)15(21)19(2)3)18-14(11)12-6-4-5-7-13(12)17/h4-7,10H,8-9H2,1-3H3. The van der Waals surface area contributed by atoms with E-state index in [-0.39, 0.29) is 5.91 Å². The SMILES string of the molecule is Cc1cn(C2(C(=O)N(C)C)CC2)nc1-c1ccccc1Cl. The summed E-state index contributed by atoms with van der Waals surface area (Å²) >= 11 is 6.26. The Morgan fingerprint density at radius 1 is 1.33 bits per heavy atom. The van der Waals surface area contributed by atoms with Gasteiger partial charge in [-0.15, -0.1) is 0 Å². The average Bonchev–Trinajstić information content (AvgIpc) is 3.17. The van der Waals surface area contributed by atoms with Crippen molar-refractivity contribution < 1.29 is 4.79 Å². The second-order valence-corrected chi connectivity index (χ2v) is 6.22. The van der Waals surface area contributed by atoms with Crippen LogP contribution in [-0.2, 0) is 10.3 Å². The largest absolute Gasteiger partial charge is 0.347 e. The van der Waals surface area contributed by atoms with Gasteiger partial charge in [-0.05, 0) is 31.4 Å². The van der Waals surface area contributed by atoms with Crippen LogP contribution in [0.25, 0.3) is 11.3 Å². The number of benzene rings is 1. The second-order valence-electron chi connectivity index (χ2n) is 5.82. The fraction of sp³-hybridized carbons (Fsp3) is 0.375. The Bertz CT molecular complexity index is 701. The maximum atomic E-state index is 12.4. The predicted octanol–water partition coefficient (Wildman–Crippen LogP) is 3.09. The van der Waals surface area contributed by atoms with Gasteiger partial charge in [-0.25, -0.2) is 0 Å². The molecular formula is C16H18ClN3O. The first-order chi connectivity index (χ1) is 9.95. The molecule has 0 atom stereocenters. The maximum absolute atomic E-state index is 12.4. The van der Waals surface area contributed by atoms with Crippen LogP contribution >= 0.6 is 11.6 Å². The molecule has 5 heteroatoms. The van der Waals surface area contributed by atoms with Crippen molar-refractivity contribution in [1.29, 1.82) is 0 Å². The summed E-state index contributed by atoms with van der Waals surface area (Å²) in [6.07, 6.45) is 3.63. The Hall–Kier alpha value is -1.81. The molecule has 0 spiro atoms. The molecule has 0 saturated heterocycles. The quantitative estimate of drug-likeness (QED) is 0.874. The van der Waals surface area contributed by atoms with Gasteiger partial charge >= 0.3 is 0 Å². The van der Waals surface area contributed by atoms with E-state index < -0.39 is 5.54 Å². The molecule has 1 aromatic heterocycles. The minimum absolute atomic E-state index is 0.107. The molecule has 110 valence electrons. The maximum Gasteiger partial charge on any atom is 0.250 e.